The van der Waals surface area contributed by atoms with Gasteiger partial charge in [0.15, 0.2) is 0 Å². The molecule has 0 aliphatic rings. The average molecular weight is 325 g/mol. The molecule has 2 aromatic rings. The number of urea groups is 1. The minimum atomic E-state index is -4.52. The zero-order valence-corrected chi connectivity index (χ0v) is 12.4. The van der Waals surface area contributed by atoms with Crippen molar-refractivity contribution >= 4 is 17.4 Å². The Labute approximate surface area is 130 Å². The summed E-state index contributed by atoms with van der Waals surface area (Å²) in [4.78, 5) is 15.4. The molecule has 1 aromatic carbocycles. The van der Waals surface area contributed by atoms with Crippen molar-refractivity contribution in [1.82, 2.24) is 4.98 Å². The second-order valence-electron chi connectivity index (χ2n) is 4.61. The van der Waals surface area contributed by atoms with E-state index in [1.807, 2.05) is 0 Å². The van der Waals surface area contributed by atoms with Gasteiger partial charge >= 0.3 is 12.2 Å². The van der Waals surface area contributed by atoms with Crippen LogP contribution in [0.1, 0.15) is 11.4 Å². The maximum atomic E-state index is 12.6. The summed E-state index contributed by atoms with van der Waals surface area (Å²) in [6.07, 6.45) is -4.52. The van der Waals surface area contributed by atoms with E-state index in [4.69, 9.17) is 4.74 Å². The summed E-state index contributed by atoms with van der Waals surface area (Å²) >= 11 is 0. The van der Waals surface area contributed by atoms with Crippen LogP contribution in [-0.2, 0) is 6.18 Å². The van der Waals surface area contributed by atoms with Gasteiger partial charge in [-0.25, -0.2) is 9.78 Å². The Morgan fingerprint density at radius 1 is 1.09 bits per heavy atom. The van der Waals surface area contributed by atoms with E-state index in [-0.39, 0.29) is 11.4 Å². The van der Waals surface area contributed by atoms with Crippen LogP contribution in [0.2, 0.25) is 0 Å². The number of methoxy groups -OCH3 is 1. The Bertz CT molecular complexity index is 717. The zero-order chi connectivity index (χ0) is 17.0. The molecule has 0 atom stereocenters. The van der Waals surface area contributed by atoms with Crippen LogP contribution in [0, 0.1) is 6.92 Å². The zero-order valence-electron chi connectivity index (χ0n) is 12.4. The van der Waals surface area contributed by atoms with Gasteiger partial charge in [-0.1, -0.05) is 12.1 Å². The number of hydrogen-bond acceptors (Lipinski definition) is 3. The Morgan fingerprint density at radius 2 is 1.74 bits per heavy atom. The molecule has 0 saturated heterocycles. The number of benzene rings is 1. The number of aromatic nitrogens is 1. The first-order valence-corrected chi connectivity index (χ1v) is 6.57. The molecular formula is C15H14F3N3O2. The first kappa shape index (κ1) is 16.6. The van der Waals surface area contributed by atoms with Crippen molar-refractivity contribution in [3.63, 3.8) is 0 Å². The van der Waals surface area contributed by atoms with Crippen molar-refractivity contribution in [3.05, 3.63) is 47.8 Å². The number of amides is 2. The molecule has 0 aliphatic heterocycles. The summed E-state index contributed by atoms with van der Waals surface area (Å²) in [5, 5.41) is 5.01. The lowest BCUT2D eigenvalue weighted by atomic mass is 10.2. The molecule has 8 heteroatoms. The van der Waals surface area contributed by atoms with E-state index in [1.165, 1.54) is 14.0 Å². The third-order valence-electron chi connectivity index (χ3n) is 2.98. The van der Waals surface area contributed by atoms with E-state index in [2.05, 4.69) is 15.6 Å². The molecular weight excluding hydrogens is 311 g/mol. The molecule has 0 aliphatic carbocycles. The van der Waals surface area contributed by atoms with Gasteiger partial charge in [-0.05, 0) is 31.2 Å². The number of nitrogens with zero attached hydrogens (tertiary/aromatic N) is 1. The monoisotopic (exact) mass is 325 g/mol. The van der Waals surface area contributed by atoms with Crippen LogP contribution in [0.3, 0.4) is 0 Å². The molecule has 5 nitrogen and oxygen atoms in total. The molecule has 23 heavy (non-hydrogen) atoms. The summed E-state index contributed by atoms with van der Waals surface area (Å²) in [5.74, 6) is 0.463. The molecule has 0 saturated carbocycles. The number of nitrogens with one attached hydrogen (secondary N) is 2. The molecule has 122 valence electrons. The molecule has 0 spiro atoms. The number of pyridine rings is 1. The van der Waals surface area contributed by atoms with Gasteiger partial charge in [-0.2, -0.15) is 13.2 Å². The predicted molar refractivity (Wildman–Crippen MR) is 79.6 cm³/mol. The molecule has 2 N–H and O–H groups in total. The van der Waals surface area contributed by atoms with Gasteiger partial charge in [0.05, 0.1) is 24.2 Å². The fraction of sp³-hybridized carbons (Fsp3) is 0.200. The number of aryl methyl sites for hydroxylation is 1. The highest BCUT2D eigenvalue weighted by atomic mass is 19.4. The molecule has 1 heterocycles. The number of para-hydroxylation sites is 2. The SMILES string of the molecule is COc1ccccc1NC(=O)Nc1ccc(C(F)(F)F)nc1C. The molecule has 0 fully saturated rings. The number of carbonyl (C=O) groups is 1. The van der Waals surface area contributed by atoms with Crippen LogP contribution < -0.4 is 15.4 Å². The number of hydrogen-bond donors (Lipinski definition) is 2. The Kier molecular flexibility index (Phi) is 4.73. The van der Waals surface area contributed by atoms with Gasteiger partial charge in [-0.3, -0.25) is 0 Å². The smallest absolute Gasteiger partial charge is 0.433 e. The maximum Gasteiger partial charge on any atom is 0.433 e. The van der Waals surface area contributed by atoms with Gasteiger partial charge in [0.1, 0.15) is 11.4 Å². The van der Waals surface area contributed by atoms with Crippen molar-refractivity contribution in [3.8, 4) is 5.75 Å². The lowest BCUT2D eigenvalue weighted by Gasteiger charge is -2.13. The van der Waals surface area contributed by atoms with E-state index >= 15 is 0 Å². The first-order valence-electron chi connectivity index (χ1n) is 6.57. The van der Waals surface area contributed by atoms with Crippen molar-refractivity contribution < 1.29 is 22.7 Å². The second kappa shape index (κ2) is 6.55. The van der Waals surface area contributed by atoms with Gasteiger partial charge in [0.2, 0.25) is 0 Å². The number of anilines is 2. The number of carbonyl (C=O) groups excluding carboxylic acids is 1. The minimum Gasteiger partial charge on any atom is -0.495 e. The first-order chi connectivity index (χ1) is 10.8. The lowest BCUT2D eigenvalue weighted by Crippen LogP contribution is -2.21. The Morgan fingerprint density at radius 3 is 2.35 bits per heavy atom. The van der Waals surface area contributed by atoms with Crippen LogP contribution in [0.15, 0.2) is 36.4 Å². The summed E-state index contributed by atoms with van der Waals surface area (Å²) in [5.41, 5.74) is -0.323. The van der Waals surface area contributed by atoms with E-state index in [1.54, 1.807) is 24.3 Å². The highest BCUT2D eigenvalue weighted by molar-refractivity contribution is 6.00. The van der Waals surface area contributed by atoms with Gasteiger partial charge in [0, 0.05) is 0 Å². The van der Waals surface area contributed by atoms with Gasteiger partial charge < -0.3 is 15.4 Å². The lowest BCUT2D eigenvalue weighted by molar-refractivity contribution is -0.141. The third kappa shape index (κ3) is 4.12. The molecule has 0 unspecified atom stereocenters. The van der Waals surface area contributed by atoms with Gasteiger partial charge in [0.25, 0.3) is 0 Å². The summed E-state index contributed by atoms with van der Waals surface area (Å²) in [7, 11) is 1.46. The Hall–Kier alpha value is -2.77. The van der Waals surface area contributed by atoms with E-state index in [9.17, 15) is 18.0 Å². The quantitative estimate of drug-likeness (QED) is 0.894. The highest BCUT2D eigenvalue weighted by Crippen LogP contribution is 2.29. The highest BCUT2D eigenvalue weighted by Gasteiger charge is 2.32. The average Bonchev–Trinajstić information content (AvgIpc) is 2.48. The van der Waals surface area contributed by atoms with Crippen LogP contribution in [0.4, 0.5) is 29.3 Å². The van der Waals surface area contributed by atoms with E-state index < -0.39 is 17.9 Å². The van der Waals surface area contributed by atoms with Crippen molar-refractivity contribution in [2.75, 3.05) is 17.7 Å². The molecule has 2 amide bonds. The number of rotatable bonds is 3. The largest absolute Gasteiger partial charge is 0.495 e. The molecule has 0 bridgehead atoms. The van der Waals surface area contributed by atoms with Crippen LogP contribution in [0.25, 0.3) is 0 Å². The second-order valence-corrected chi connectivity index (χ2v) is 4.61. The molecule has 2 rings (SSSR count). The van der Waals surface area contributed by atoms with Crippen LogP contribution in [0.5, 0.6) is 5.75 Å². The van der Waals surface area contributed by atoms with Gasteiger partial charge in [-0.15, -0.1) is 0 Å². The number of alkyl halides is 3. The van der Waals surface area contributed by atoms with Crippen molar-refractivity contribution in [1.29, 1.82) is 0 Å². The minimum absolute atomic E-state index is 0.0648. The van der Waals surface area contributed by atoms with Crippen molar-refractivity contribution in [2.24, 2.45) is 0 Å². The normalized spacial score (nSPS) is 11.0. The topological polar surface area (TPSA) is 63.2 Å². The predicted octanol–water partition coefficient (Wildman–Crippen LogP) is 4.06. The standard InChI is InChI=1S/C15H14F3N3O2/c1-9-10(7-8-13(19-9)15(16,17)18)20-14(22)21-11-5-3-4-6-12(11)23-2/h3-8H,1-2H3,(H2,20,21,22). The third-order valence-corrected chi connectivity index (χ3v) is 2.98. The number of halogens is 3. The summed E-state index contributed by atoms with van der Waals surface area (Å²) in [6.45, 7) is 1.38. The Balaban J connectivity index is 2.12. The van der Waals surface area contributed by atoms with E-state index in [0.29, 0.717) is 11.4 Å². The van der Waals surface area contributed by atoms with E-state index in [0.717, 1.165) is 12.1 Å². The molecule has 1 aromatic heterocycles. The fourth-order valence-electron chi connectivity index (χ4n) is 1.87. The fourth-order valence-corrected chi connectivity index (χ4v) is 1.87. The maximum absolute atomic E-state index is 12.6. The summed E-state index contributed by atoms with van der Waals surface area (Å²) < 4.78 is 42.8. The van der Waals surface area contributed by atoms with Crippen LogP contribution in [-0.4, -0.2) is 18.1 Å². The van der Waals surface area contributed by atoms with Crippen molar-refractivity contribution in [2.45, 2.75) is 13.1 Å². The molecule has 0 radical (unpaired) electrons. The van der Waals surface area contributed by atoms with Crippen LogP contribution >= 0.6 is 0 Å². The summed E-state index contributed by atoms with van der Waals surface area (Å²) in [6, 6.07) is 8.11. The number of ether oxygens (including phenoxy) is 1.